The second kappa shape index (κ2) is 8.42. The fourth-order valence-electron chi connectivity index (χ4n) is 3.19. The number of hydrogen-bond acceptors (Lipinski definition) is 7. The lowest BCUT2D eigenvalue weighted by atomic mass is 10.1. The molecule has 1 N–H and O–H groups in total. The Bertz CT molecular complexity index is 1080. The van der Waals surface area contributed by atoms with Crippen molar-refractivity contribution in [2.24, 2.45) is 0 Å². The Kier molecular flexibility index (Phi) is 5.53. The van der Waals surface area contributed by atoms with E-state index in [1.54, 1.807) is 29.2 Å². The van der Waals surface area contributed by atoms with Crippen molar-refractivity contribution in [1.29, 1.82) is 0 Å². The zero-order valence-corrected chi connectivity index (χ0v) is 16.9. The highest BCUT2D eigenvalue weighted by Gasteiger charge is 2.33. The maximum atomic E-state index is 12.4. The lowest BCUT2D eigenvalue weighted by molar-refractivity contribution is -0.131. The minimum Gasteiger partial charge on any atom is -0.427 e. The molecule has 0 bridgehead atoms. The molecule has 0 spiro atoms. The molecule has 2 aromatic carbocycles. The predicted molar refractivity (Wildman–Crippen MR) is 112 cm³/mol. The molecule has 1 atom stereocenters. The van der Waals surface area contributed by atoms with Gasteiger partial charge in [0.2, 0.25) is 11.0 Å². The van der Waals surface area contributed by atoms with E-state index in [1.165, 1.54) is 18.3 Å². The number of hydrogen-bond donors (Lipinski definition) is 1. The number of nitrogens with zero attached hydrogens (tertiary/aromatic N) is 3. The van der Waals surface area contributed by atoms with Crippen LogP contribution in [0.15, 0.2) is 54.6 Å². The van der Waals surface area contributed by atoms with Gasteiger partial charge in [-0.1, -0.05) is 29.5 Å². The van der Waals surface area contributed by atoms with E-state index < -0.39 is 5.97 Å². The van der Waals surface area contributed by atoms with Crippen LogP contribution in [0.25, 0.3) is 0 Å². The third-order valence-electron chi connectivity index (χ3n) is 4.58. The van der Waals surface area contributed by atoms with E-state index in [1.807, 2.05) is 30.3 Å². The standard InChI is InChI=1S/C21H18N4O4S/c1-13(26)29-17-9-7-14(8-10-17)19(28)22-21-24-23-20(30-21)15-11-18(27)25(12-15)16-5-3-2-4-6-16/h2-10,15H,11-12H2,1H3,(H,22,24,28). The van der Waals surface area contributed by atoms with Crippen LogP contribution in [0.2, 0.25) is 0 Å². The molecule has 1 fully saturated rings. The van der Waals surface area contributed by atoms with E-state index in [9.17, 15) is 14.4 Å². The quantitative estimate of drug-likeness (QED) is 0.500. The summed E-state index contributed by atoms with van der Waals surface area (Å²) in [4.78, 5) is 37.5. The predicted octanol–water partition coefficient (Wildman–Crippen LogP) is 3.24. The van der Waals surface area contributed by atoms with Gasteiger partial charge in [-0.05, 0) is 36.4 Å². The van der Waals surface area contributed by atoms with Gasteiger partial charge in [-0.15, -0.1) is 10.2 Å². The van der Waals surface area contributed by atoms with Gasteiger partial charge < -0.3 is 9.64 Å². The second-order valence-electron chi connectivity index (χ2n) is 6.76. The summed E-state index contributed by atoms with van der Waals surface area (Å²) in [5.41, 5.74) is 1.26. The maximum Gasteiger partial charge on any atom is 0.308 e. The molecule has 2 heterocycles. The molecule has 1 aromatic heterocycles. The molecule has 2 amide bonds. The van der Waals surface area contributed by atoms with Crippen LogP contribution in [0.5, 0.6) is 5.75 Å². The van der Waals surface area contributed by atoms with Gasteiger partial charge in [0.05, 0.1) is 0 Å². The minimum absolute atomic E-state index is 0.0415. The number of carbonyl (C=O) groups is 3. The smallest absolute Gasteiger partial charge is 0.308 e. The molecular weight excluding hydrogens is 404 g/mol. The van der Waals surface area contributed by atoms with Gasteiger partial charge in [0, 0.05) is 37.1 Å². The Balaban J connectivity index is 1.40. The van der Waals surface area contributed by atoms with Crippen molar-refractivity contribution in [3.8, 4) is 5.75 Å². The fraction of sp³-hybridized carbons (Fsp3) is 0.190. The first kappa shape index (κ1) is 19.7. The second-order valence-corrected chi connectivity index (χ2v) is 7.77. The van der Waals surface area contributed by atoms with E-state index in [0.717, 1.165) is 5.69 Å². The number of benzene rings is 2. The molecule has 3 aromatic rings. The average molecular weight is 422 g/mol. The Morgan fingerprint density at radius 1 is 1.10 bits per heavy atom. The normalized spacial score (nSPS) is 15.8. The number of rotatable bonds is 5. The van der Waals surface area contributed by atoms with E-state index in [-0.39, 0.29) is 17.7 Å². The average Bonchev–Trinajstić information content (AvgIpc) is 3.35. The van der Waals surface area contributed by atoms with Crippen LogP contribution in [0.3, 0.4) is 0 Å². The summed E-state index contributed by atoms with van der Waals surface area (Å²) < 4.78 is 4.95. The summed E-state index contributed by atoms with van der Waals surface area (Å²) in [5, 5.41) is 12.0. The van der Waals surface area contributed by atoms with E-state index in [2.05, 4.69) is 15.5 Å². The molecule has 152 valence electrons. The summed E-state index contributed by atoms with van der Waals surface area (Å²) in [5.74, 6) is -0.430. The summed E-state index contributed by atoms with van der Waals surface area (Å²) in [7, 11) is 0. The molecule has 1 unspecified atom stereocenters. The van der Waals surface area contributed by atoms with Crippen molar-refractivity contribution in [1.82, 2.24) is 10.2 Å². The number of aromatic nitrogens is 2. The van der Waals surface area contributed by atoms with Gasteiger partial charge in [0.25, 0.3) is 5.91 Å². The molecule has 0 aliphatic carbocycles. The number of esters is 1. The summed E-state index contributed by atoms with van der Waals surface area (Å²) >= 11 is 1.26. The highest BCUT2D eigenvalue weighted by Crippen LogP contribution is 2.34. The Morgan fingerprint density at radius 2 is 1.83 bits per heavy atom. The monoisotopic (exact) mass is 422 g/mol. The third-order valence-corrected chi connectivity index (χ3v) is 5.58. The lowest BCUT2D eigenvalue weighted by Crippen LogP contribution is -2.24. The van der Waals surface area contributed by atoms with Crippen molar-refractivity contribution in [2.75, 3.05) is 16.8 Å². The maximum absolute atomic E-state index is 12.4. The third kappa shape index (κ3) is 4.36. The van der Waals surface area contributed by atoms with Crippen molar-refractivity contribution in [2.45, 2.75) is 19.3 Å². The van der Waals surface area contributed by atoms with Crippen molar-refractivity contribution >= 4 is 39.9 Å². The van der Waals surface area contributed by atoms with Crippen LogP contribution in [0.1, 0.15) is 34.6 Å². The Hall–Kier alpha value is -3.59. The van der Waals surface area contributed by atoms with Gasteiger partial charge in [0.1, 0.15) is 10.8 Å². The molecule has 1 saturated heterocycles. The van der Waals surface area contributed by atoms with Crippen LogP contribution in [0.4, 0.5) is 10.8 Å². The summed E-state index contributed by atoms with van der Waals surface area (Å²) in [6.07, 6.45) is 0.356. The largest absolute Gasteiger partial charge is 0.427 e. The summed E-state index contributed by atoms with van der Waals surface area (Å²) in [6, 6.07) is 15.7. The Morgan fingerprint density at radius 3 is 2.53 bits per heavy atom. The fourth-order valence-corrected chi connectivity index (χ4v) is 4.02. The van der Waals surface area contributed by atoms with Gasteiger partial charge in [-0.3, -0.25) is 19.7 Å². The zero-order valence-electron chi connectivity index (χ0n) is 16.1. The Labute approximate surface area is 176 Å². The number of amides is 2. The first-order chi connectivity index (χ1) is 14.5. The van der Waals surface area contributed by atoms with Crippen LogP contribution < -0.4 is 15.0 Å². The van der Waals surface area contributed by atoms with Crippen molar-refractivity contribution < 1.29 is 19.1 Å². The molecule has 0 radical (unpaired) electrons. The van der Waals surface area contributed by atoms with E-state index in [0.29, 0.717) is 34.4 Å². The van der Waals surface area contributed by atoms with Crippen LogP contribution in [0, 0.1) is 0 Å². The number of anilines is 2. The molecule has 9 heteroatoms. The minimum atomic E-state index is -0.426. The molecule has 1 aliphatic rings. The first-order valence-electron chi connectivity index (χ1n) is 9.28. The van der Waals surface area contributed by atoms with E-state index >= 15 is 0 Å². The van der Waals surface area contributed by atoms with Crippen LogP contribution in [-0.2, 0) is 9.59 Å². The molecule has 8 nitrogen and oxygen atoms in total. The molecule has 30 heavy (non-hydrogen) atoms. The number of carbonyl (C=O) groups excluding carboxylic acids is 3. The number of nitrogens with one attached hydrogen (secondary N) is 1. The van der Waals surface area contributed by atoms with Gasteiger partial charge in [-0.2, -0.15) is 0 Å². The summed E-state index contributed by atoms with van der Waals surface area (Å²) in [6.45, 7) is 1.84. The van der Waals surface area contributed by atoms with E-state index in [4.69, 9.17) is 4.74 Å². The van der Waals surface area contributed by atoms with Crippen LogP contribution in [-0.4, -0.2) is 34.5 Å². The molecule has 4 rings (SSSR count). The number of ether oxygens (including phenoxy) is 1. The molecular formula is C21H18N4O4S. The number of para-hydroxylation sites is 1. The van der Waals surface area contributed by atoms with Gasteiger partial charge in [0.15, 0.2) is 0 Å². The van der Waals surface area contributed by atoms with Gasteiger partial charge in [-0.25, -0.2) is 0 Å². The SMILES string of the molecule is CC(=O)Oc1ccc(C(=O)Nc2nnc(C3CC(=O)N(c4ccccc4)C3)s2)cc1. The van der Waals surface area contributed by atoms with Crippen LogP contribution >= 0.6 is 11.3 Å². The topological polar surface area (TPSA) is 101 Å². The zero-order chi connectivity index (χ0) is 21.1. The molecule has 0 saturated carbocycles. The molecule has 1 aliphatic heterocycles. The van der Waals surface area contributed by atoms with Gasteiger partial charge >= 0.3 is 5.97 Å². The lowest BCUT2D eigenvalue weighted by Gasteiger charge is -2.15. The van der Waals surface area contributed by atoms with Crippen molar-refractivity contribution in [3.63, 3.8) is 0 Å². The highest BCUT2D eigenvalue weighted by atomic mass is 32.1. The first-order valence-corrected chi connectivity index (χ1v) is 10.1. The highest BCUT2D eigenvalue weighted by molar-refractivity contribution is 7.15. The van der Waals surface area contributed by atoms with Crippen molar-refractivity contribution in [3.05, 3.63) is 65.2 Å².